The maximum absolute atomic E-state index is 11.9. The van der Waals surface area contributed by atoms with Crippen LogP contribution in [0.1, 0.15) is 12.0 Å². The Labute approximate surface area is 119 Å². The summed E-state index contributed by atoms with van der Waals surface area (Å²) >= 11 is 4.27. The summed E-state index contributed by atoms with van der Waals surface area (Å²) in [5, 5.41) is 0. The highest BCUT2D eigenvalue weighted by atomic mass is 32.1. The van der Waals surface area contributed by atoms with Gasteiger partial charge in [0.25, 0.3) is 0 Å². The molecule has 1 unspecified atom stereocenters. The van der Waals surface area contributed by atoms with Crippen molar-refractivity contribution in [3.63, 3.8) is 0 Å². The number of hydrogen-bond donors (Lipinski definition) is 1. The van der Waals surface area contributed by atoms with Gasteiger partial charge in [-0.1, -0.05) is 0 Å². The molecule has 0 aromatic heterocycles. The maximum atomic E-state index is 11.9. The Bertz CT molecular complexity index is 442. The number of carbonyl (C=O) groups is 1. The van der Waals surface area contributed by atoms with Crippen molar-refractivity contribution in [3.05, 3.63) is 23.8 Å². The number of nitrogens with zero attached hydrogens (tertiary/aromatic N) is 1. The number of hydrogen-bond acceptors (Lipinski definition) is 4. The molecule has 5 heteroatoms. The molecule has 1 saturated heterocycles. The minimum atomic E-state index is 0.195. The first kappa shape index (κ1) is 14.1. The van der Waals surface area contributed by atoms with Crippen LogP contribution in [-0.4, -0.2) is 37.3 Å². The van der Waals surface area contributed by atoms with Gasteiger partial charge in [0.2, 0.25) is 5.91 Å². The van der Waals surface area contributed by atoms with Gasteiger partial charge in [0.05, 0.1) is 14.2 Å². The summed E-state index contributed by atoms with van der Waals surface area (Å²) in [5.41, 5.74) is 1.02. The van der Waals surface area contributed by atoms with Crippen molar-refractivity contribution in [2.75, 3.05) is 26.5 Å². The van der Waals surface area contributed by atoms with Crippen LogP contribution in [-0.2, 0) is 11.3 Å². The fourth-order valence-corrected chi connectivity index (χ4v) is 2.55. The van der Waals surface area contributed by atoms with Gasteiger partial charge in [-0.3, -0.25) is 4.79 Å². The van der Waals surface area contributed by atoms with Crippen LogP contribution in [0.3, 0.4) is 0 Å². The Hall–Kier alpha value is -1.36. The number of amides is 1. The number of benzene rings is 1. The van der Waals surface area contributed by atoms with E-state index < -0.39 is 0 Å². The fraction of sp³-hybridized carbons (Fsp3) is 0.500. The Kier molecular flexibility index (Phi) is 4.58. The second kappa shape index (κ2) is 6.19. The molecule has 1 amide bonds. The minimum absolute atomic E-state index is 0.195. The van der Waals surface area contributed by atoms with Crippen molar-refractivity contribution < 1.29 is 14.3 Å². The van der Waals surface area contributed by atoms with E-state index in [0.29, 0.717) is 18.9 Å². The number of likely N-dealkylation sites (tertiary alicyclic amines) is 1. The van der Waals surface area contributed by atoms with E-state index in [1.54, 1.807) is 14.2 Å². The number of carbonyl (C=O) groups excluding carboxylic acids is 1. The van der Waals surface area contributed by atoms with Crippen LogP contribution < -0.4 is 9.47 Å². The van der Waals surface area contributed by atoms with E-state index >= 15 is 0 Å². The molecule has 4 nitrogen and oxygen atoms in total. The highest BCUT2D eigenvalue weighted by molar-refractivity contribution is 7.80. The second-order valence-corrected chi connectivity index (χ2v) is 5.11. The summed E-state index contributed by atoms with van der Waals surface area (Å²) in [6, 6.07) is 5.69. The van der Waals surface area contributed by atoms with Crippen molar-refractivity contribution in [2.45, 2.75) is 13.0 Å². The molecule has 1 atom stereocenters. The topological polar surface area (TPSA) is 38.8 Å². The van der Waals surface area contributed by atoms with Crippen molar-refractivity contribution in [1.29, 1.82) is 0 Å². The van der Waals surface area contributed by atoms with E-state index in [1.807, 2.05) is 23.1 Å². The molecule has 1 aromatic rings. The number of rotatable bonds is 5. The number of thiol groups is 1. The number of methoxy groups -OCH3 is 2. The molecule has 0 saturated carbocycles. The number of ether oxygens (including phenoxy) is 2. The average molecular weight is 281 g/mol. The van der Waals surface area contributed by atoms with Gasteiger partial charge in [-0.15, -0.1) is 0 Å². The second-order valence-electron chi connectivity index (χ2n) is 4.75. The van der Waals surface area contributed by atoms with Crippen LogP contribution in [0.5, 0.6) is 11.5 Å². The van der Waals surface area contributed by atoms with Gasteiger partial charge in [-0.2, -0.15) is 12.6 Å². The lowest BCUT2D eigenvalue weighted by Crippen LogP contribution is -2.24. The van der Waals surface area contributed by atoms with E-state index in [-0.39, 0.29) is 5.91 Å². The lowest BCUT2D eigenvalue weighted by Gasteiger charge is -2.17. The first-order chi connectivity index (χ1) is 9.16. The van der Waals surface area contributed by atoms with Crippen molar-refractivity contribution in [3.8, 4) is 11.5 Å². The molecule has 0 radical (unpaired) electrons. The van der Waals surface area contributed by atoms with Gasteiger partial charge in [-0.25, -0.2) is 0 Å². The molecule has 1 aromatic carbocycles. The third-order valence-electron chi connectivity index (χ3n) is 3.34. The van der Waals surface area contributed by atoms with Gasteiger partial charge in [0, 0.05) is 25.6 Å². The zero-order valence-corrected chi connectivity index (χ0v) is 12.2. The van der Waals surface area contributed by atoms with Gasteiger partial charge >= 0.3 is 0 Å². The molecule has 1 heterocycles. The van der Waals surface area contributed by atoms with Gasteiger partial charge in [-0.05, 0) is 29.4 Å². The lowest BCUT2D eigenvalue weighted by atomic mass is 10.1. The molecule has 0 N–H and O–H groups in total. The zero-order chi connectivity index (χ0) is 13.8. The standard InChI is InChI=1S/C14H19NO3S/c1-17-12-3-10(4-13(6-12)18-2)7-15-8-11(9-19)5-14(15)16/h3-4,6,11,19H,5,7-9H2,1-2H3. The first-order valence-corrected chi connectivity index (χ1v) is 6.90. The molecule has 1 aliphatic heterocycles. The van der Waals surface area contributed by atoms with Crippen molar-refractivity contribution in [1.82, 2.24) is 4.90 Å². The highest BCUT2D eigenvalue weighted by Crippen LogP contribution is 2.26. The summed E-state index contributed by atoms with van der Waals surface area (Å²) in [6.07, 6.45) is 0.602. The maximum Gasteiger partial charge on any atom is 0.223 e. The van der Waals surface area contributed by atoms with Crippen LogP contribution in [0.4, 0.5) is 0 Å². The Morgan fingerprint density at radius 3 is 2.37 bits per heavy atom. The third kappa shape index (κ3) is 3.35. The molecule has 104 valence electrons. The predicted octanol–water partition coefficient (Wildman–Crippen LogP) is 1.98. The smallest absolute Gasteiger partial charge is 0.223 e. The van der Waals surface area contributed by atoms with Crippen molar-refractivity contribution >= 4 is 18.5 Å². The molecular formula is C14H19NO3S. The first-order valence-electron chi connectivity index (χ1n) is 6.27. The predicted molar refractivity (Wildman–Crippen MR) is 76.9 cm³/mol. The van der Waals surface area contributed by atoms with Crippen LogP contribution in [0.15, 0.2) is 18.2 Å². The molecule has 2 rings (SSSR count). The highest BCUT2D eigenvalue weighted by Gasteiger charge is 2.28. The Morgan fingerprint density at radius 1 is 1.26 bits per heavy atom. The largest absolute Gasteiger partial charge is 0.497 e. The summed E-state index contributed by atoms with van der Waals surface area (Å²) in [5.74, 6) is 2.80. The van der Waals surface area contributed by atoms with Crippen LogP contribution in [0, 0.1) is 5.92 Å². The normalized spacial score (nSPS) is 18.8. The molecule has 19 heavy (non-hydrogen) atoms. The van der Waals surface area contributed by atoms with Gasteiger partial charge in [0.1, 0.15) is 11.5 Å². The molecule has 0 aliphatic carbocycles. The third-order valence-corrected chi connectivity index (χ3v) is 3.85. The van der Waals surface area contributed by atoms with Gasteiger partial charge < -0.3 is 14.4 Å². The fourth-order valence-electron chi connectivity index (χ4n) is 2.31. The van der Waals surface area contributed by atoms with Crippen molar-refractivity contribution in [2.24, 2.45) is 5.92 Å². The van der Waals surface area contributed by atoms with E-state index in [9.17, 15) is 4.79 Å². The zero-order valence-electron chi connectivity index (χ0n) is 11.3. The molecule has 1 fully saturated rings. The minimum Gasteiger partial charge on any atom is -0.497 e. The van der Waals surface area contributed by atoms with Crippen LogP contribution >= 0.6 is 12.6 Å². The summed E-state index contributed by atoms with van der Waals surface area (Å²) in [7, 11) is 3.24. The monoisotopic (exact) mass is 281 g/mol. The lowest BCUT2D eigenvalue weighted by molar-refractivity contribution is -0.128. The molecule has 1 aliphatic rings. The summed E-state index contributed by atoms with van der Waals surface area (Å²) in [4.78, 5) is 13.8. The van der Waals surface area contributed by atoms with E-state index in [2.05, 4.69) is 12.6 Å². The molecule has 0 spiro atoms. The van der Waals surface area contributed by atoms with Gasteiger partial charge in [0.15, 0.2) is 0 Å². The van der Waals surface area contributed by atoms with E-state index in [4.69, 9.17) is 9.47 Å². The average Bonchev–Trinajstić information content (AvgIpc) is 2.79. The molecule has 0 bridgehead atoms. The van der Waals surface area contributed by atoms with Crippen LogP contribution in [0.25, 0.3) is 0 Å². The van der Waals surface area contributed by atoms with E-state index in [0.717, 1.165) is 29.4 Å². The quantitative estimate of drug-likeness (QED) is 0.839. The Balaban J connectivity index is 2.12. The Morgan fingerprint density at radius 2 is 1.89 bits per heavy atom. The van der Waals surface area contributed by atoms with E-state index in [1.165, 1.54) is 0 Å². The summed E-state index contributed by atoms with van der Waals surface area (Å²) < 4.78 is 10.5. The molecular weight excluding hydrogens is 262 g/mol. The summed E-state index contributed by atoms with van der Waals surface area (Å²) in [6.45, 7) is 1.37. The SMILES string of the molecule is COc1cc(CN2CC(CS)CC2=O)cc(OC)c1. The van der Waals surface area contributed by atoms with Crippen LogP contribution in [0.2, 0.25) is 0 Å².